The van der Waals surface area contributed by atoms with Crippen LogP contribution in [0.2, 0.25) is 0 Å². The van der Waals surface area contributed by atoms with Gasteiger partial charge < -0.3 is 54.1 Å². The molecular weight excluding hydrogens is 821 g/mol. The zero-order chi connectivity index (χ0) is 46.1. The number of likely N-dealkylation sites (tertiary alicyclic amines) is 2. The maximum Gasteiger partial charge on any atom is 0.407 e. The number of aromatic nitrogens is 4. The number of aromatic amines is 2. The number of nitrogens with zero attached hydrogens (tertiary/aromatic N) is 4. The lowest BCUT2D eigenvalue weighted by molar-refractivity contribution is -0.138. The number of alkyl carbamates (subject to hydrolysis) is 2. The number of carbonyl (C=O) groups is 4. The Morgan fingerprint density at radius 3 is 2.45 bits per heavy atom. The number of fused-ring (bicyclic) bond motifs is 6. The largest absolute Gasteiger partial charge is 0.488 e. The van der Waals surface area contributed by atoms with Crippen LogP contribution >= 0.6 is 0 Å². The van der Waals surface area contributed by atoms with E-state index in [0.717, 1.165) is 68.3 Å². The minimum Gasteiger partial charge on any atom is -0.488 e. The number of carbonyl (C=O) groups excluding carboxylic acids is 4. The molecule has 4 amide bonds. The van der Waals surface area contributed by atoms with Crippen LogP contribution in [0.15, 0.2) is 48.7 Å². The SMILES string of the molecule is [2H]CO[C@@H](C)[C@H](NC(=O)OC)C(=O)N1C[C@@H](COC)C[C@H]1c1nc2c(ccc3cc4c(cc32)OCc2cc(-c3cnc([C@@H]5CC[C@H](C)N5C(=O)C(NC(=O)OC)[C@@H](C)CC)[nH]3)ccc2-4)[nH]1. The third-order valence-electron chi connectivity index (χ3n) is 13.3. The molecule has 0 aliphatic carbocycles. The number of ether oxygens (including phenoxy) is 5. The number of imidazole rings is 2. The Hall–Kier alpha value is -6.20. The smallest absolute Gasteiger partial charge is 0.407 e. The van der Waals surface area contributed by atoms with Gasteiger partial charge in [0.2, 0.25) is 11.8 Å². The highest BCUT2D eigenvalue weighted by Gasteiger charge is 2.44. The molecule has 5 aromatic rings. The van der Waals surface area contributed by atoms with Gasteiger partial charge >= 0.3 is 12.2 Å². The lowest BCUT2D eigenvalue weighted by Gasteiger charge is -2.33. The van der Waals surface area contributed by atoms with Gasteiger partial charge in [-0.3, -0.25) is 9.59 Å². The first-order chi connectivity index (χ1) is 31.4. The number of methoxy groups -OCH3 is 4. The van der Waals surface area contributed by atoms with Crippen molar-refractivity contribution < 1.29 is 44.2 Å². The van der Waals surface area contributed by atoms with Gasteiger partial charge in [-0.2, -0.15) is 0 Å². The molecule has 2 aromatic heterocycles. The van der Waals surface area contributed by atoms with Crippen molar-refractivity contribution in [2.24, 2.45) is 11.8 Å². The fourth-order valence-electron chi connectivity index (χ4n) is 9.56. The molecule has 5 heterocycles. The molecule has 8 rings (SSSR count). The monoisotopic (exact) mass is 879 g/mol. The molecule has 8 atom stereocenters. The van der Waals surface area contributed by atoms with Crippen molar-refractivity contribution in [2.75, 3.05) is 41.6 Å². The van der Waals surface area contributed by atoms with Crippen LogP contribution in [0.1, 0.15) is 84.0 Å². The van der Waals surface area contributed by atoms with Gasteiger partial charge in [0.15, 0.2) is 0 Å². The number of hydrogen-bond acceptors (Lipinski definition) is 11. The third-order valence-corrected chi connectivity index (χ3v) is 13.3. The summed E-state index contributed by atoms with van der Waals surface area (Å²) in [7, 11) is 3.77. The Bertz CT molecular complexity index is 2580. The molecule has 2 fully saturated rings. The van der Waals surface area contributed by atoms with E-state index in [9.17, 15) is 19.2 Å². The van der Waals surface area contributed by atoms with E-state index in [4.69, 9.17) is 35.0 Å². The predicted octanol–water partition coefficient (Wildman–Crippen LogP) is 6.78. The lowest BCUT2D eigenvalue weighted by Crippen LogP contribution is -2.54. The highest BCUT2D eigenvalue weighted by molar-refractivity contribution is 6.07. The summed E-state index contributed by atoms with van der Waals surface area (Å²) in [5, 5.41) is 7.24. The summed E-state index contributed by atoms with van der Waals surface area (Å²) in [5.41, 5.74) is 6.33. The van der Waals surface area contributed by atoms with Crippen molar-refractivity contribution in [3.05, 3.63) is 65.9 Å². The second-order valence-corrected chi connectivity index (χ2v) is 17.2. The fraction of sp³-hybridized carbons (Fsp3) is 0.489. The van der Waals surface area contributed by atoms with E-state index in [1.807, 2.05) is 43.9 Å². The summed E-state index contributed by atoms with van der Waals surface area (Å²) in [5.74, 6) is 1.45. The average Bonchev–Trinajstić information content (AvgIpc) is 4.14. The summed E-state index contributed by atoms with van der Waals surface area (Å²) < 4.78 is 34.6. The number of hydrogen-bond donors (Lipinski definition) is 4. The van der Waals surface area contributed by atoms with Crippen LogP contribution in [0.3, 0.4) is 0 Å². The number of H-pyrrole nitrogens is 2. The average molecular weight is 880 g/mol. The molecule has 0 bridgehead atoms. The van der Waals surface area contributed by atoms with Crippen molar-refractivity contribution in [1.82, 2.24) is 40.4 Å². The Balaban J connectivity index is 1.05. The maximum absolute atomic E-state index is 14.2. The third kappa shape index (κ3) is 8.33. The molecule has 3 aliphatic rings. The van der Waals surface area contributed by atoms with E-state index in [0.29, 0.717) is 44.2 Å². The van der Waals surface area contributed by atoms with E-state index in [1.54, 1.807) is 25.1 Å². The number of nitrogens with one attached hydrogen (secondary N) is 4. The molecule has 1 unspecified atom stereocenters. The van der Waals surface area contributed by atoms with E-state index in [2.05, 4.69) is 44.9 Å². The Morgan fingerprint density at radius 1 is 0.938 bits per heavy atom. The maximum atomic E-state index is 14.2. The van der Waals surface area contributed by atoms with Crippen LogP contribution in [0.25, 0.3) is 44.2 Å². The summed E-state index contributed by atoms with van der Waals surface area (Å²) in [4.78, 5) is 73.3. The molecule has 0 saturated carbocycles. The molecule has 3 aliphatic heterocycles. The highest BCUT2D eigenvalue weighted by atomic mass is 16.5. The minimum atomic E-state index is -1.09. The first-order valence-electron chi connectivity index (χ1n) is 22.6. The summed E-state index contributed by atoms with van der Waals surface area (Å²) in [6.07, 6.45) is 2.47. The Morgan fingerprint density at radius 2 is 1.72 bits per heavy atom. The summed E-state index contributed by atoms with van der Waals surface area (Å²) in [6.45, 7) is 8.78. The Labute approximate surface area is 373 Å². The first-order valence-corrected chi connectivity index (χ1v) is 21.9. The standard InChI is InChI=1S/C47H58N8O9/c1-9-24(2)39(52-46(58)62-7)45(57)55-25(3)10-15-36(55)42-48-20-35(50-42)29-11-13-31-30(17-29)23-64-38-19-32-28(18-33(31)38)12-14-34-41(32)51-43(49-34)37-16-27(22-60-5)21-54(37)44(56)40(26(4)61-6)53-47(59)63-8/h11-14,17-20,24-27,36-37,39-40H,9-10,15-16,21-23H2,1-8H3,(H,48,50)(H,49,51)(H,52,58)(H,53,59)/t24-,25-,26-,27-,36-,37-,39?,40-/m0/s1/i6D. The molecule has 3 aromatic carbocycles. The Kier molecular flexibility index (Phi) is 12.4. The minimum absolute atomic E-state index is 0.0178. The molecule has 2 saturated heterocycles. The zero-order valence-corrected chi connectivity index (χ0v) is 37.4. The first kappa shape index (κ1) is 43.1. The van der Waals surface area contributed by atoms with Crippen LogP contribution < -0.4 is 15.4 Å². The van der Waals surface area contributed by atoms with E-state index >= 15 is 0 Å². The van der Waals surface area contributed by atoms with Crippen molar-refractivity contribution >= 4 is 45.8 Å². The van der Waals surface area contributed by atoms with Gasteiger partial charge in [0.05, 0.1) is 63.3 Å². The number of rotatable bonds is 13. The molecule has 64 heavy (non-hydrogen) atoms. The van der Waals surface area contributed by atoms with Crippen LogP contribution in [-0.4, -0.2) is 120 Å². The zero-order valence-electron chi connectivity index (χ0n) is 38.4. The number of amides is 4. The van der Waals surface area contributed by atoms with Gasteiger partial charge in [0.1, 0.15) is 36.1 Å². The van der Waals surface area contributed by atoms with Gasteiger partial charge in [-0.15, -0.1) is 0 Å². The van der Waals surface area contributed by atoms with Crippen LogP contribution in [0.4, 0.5) is 9.59 Å². The molecule has 0 spiro atoms. The van der Waals surface area contributed by atoms with E-state index in [-0.39, 0.29) is 42.8 Å². The molecule has 340 valence electrons. The van der Waals surface area contributed by atoms with Crippen molar-refractivity contribution in [2.45, 2.75) is 96.3 Å². The second-order valence-electron chi connectivity index (χ2n) is 17.2. The van der Waals surface area contributed by atoms with E-state index in [1.165, 1.54) is 14.2 Å². The molecular formula is C47H58N8O9. The van der Waals surface area contributed by atoms with Gasteiger partial charge in [-0.25, -0.2) is 19.6 Å². The van der Waals surface area contributed by atoms with Crippen LogP contribution in [-0.2, 0) is 35.1 Å². The van der Waals surface area contributed by atoms with Gasteiger partial charge in [0.25, 0.3) is 0 Å². The lowest BCUT2D eigenvalue weighted by atomic mass is 9.92. The highest BCUT2D eigenvalue weighted by Crippen LogP contribution is 2.44. The number of benzene rings is 3. The van der Waals surface area contributed by atoms with Crippen LogP contribution in [0.5, 0.6) is 5.75 Å². The van der Waals surface area contributed by atoms with Crippen molar-refractivity contribution in [1.29, 1.82) is 0 Å². The van der Waals surface area contributed by atoms with Gasteiger partial charge in [-0.05, 0) is 85.4 Å². The van der Waals surface area contributed by atoms with Gasteiger partial charge in [-0.1, -0.05) is 38.5 Å². The quantitative estimate of drug-likeness (QED) is 0.0971. The van der Waals surface area contributed by atoms with Crippen molar-refractivity contribution in [3.63, 3.8) is 0 Å². The van der Waals surface area contributed by atoms with Crippen molar-refractivity contribution in [3.8, 4) is 28.1 Å². The summed E-state index contributed by atoms with van der Waals surface area (Å²) >= 11 is 0. The normalized spacial score (nSPS) is 21.3. The van der Waals surface area contributed by atoms with Crippen LogP contribution in [0, 0.1) is 11.8 Å². The topological polar surface area (TPSA) is 202 Å². The second kappa shape index (κ2) is 18.5. The van der Waals surface area contributed by atoms with Gasteiger partial charge in [0, 0.05) is 43.6 Å². The predicted molar refractivity (Wildman–Crippen MR) is 238 cm³/mol. The molecule has 17 heteroatoms. The summed E-state index contributed by atoms with van der Waals surface area (Å²) in [6, 6.07) is 11.9. The molecule has 0 radical (unpaired) electrons. The fourth-order valence-corrected chi connectivity index (χ4v) is 9.56. The van der Waals surface area contributed by atoms with E-state index < -0.39 is 36.4 Å². The molecule has 17 nitrogen and oxygen atoms in total. The molecule has 4 N–H and O–H groups in total.